The van der Waals surface area contributed by atoms with Crippen LogP contribution in [-0.2, 0) is 6.42 Å². The van der Waals surface area contributed by atoms with Gasteiger partial charge in [0.1, 0.15) is 0 Å². The fraction of sp³-hybridized carbons (Fsp3) is 0.750. The summed E-state index contributed by atoms with van der Waals surface area (Å²) in [7, 11) is 4.40. The van der Waals surface area contributed by atoms with Gasteiger partial charge in [0.2, 0.25) is 0 Å². The molecule has 1 heterocycles. The average molecular weight is 359 g/mol. The van der Waals surface area contributed by atoms with Crippen LogP contribution in [0.25, 0.3) is 0 Å². The van der Waals surface area contributed by atoms with E-state index in [0.29, 0.717) is 11.3 Å². The first-order chi connectivity index (χ1) is 12.2. The van der Waals surface area contributed by atoms with E-state index in [2.05, 4.69) is 82.8 Å². The molecule has 2 heteroatoms. The second-order valence-electron chi connectivity index (χ2n) is 10.0. The molecule has 2 rings (SSSR count). The highest BCUT2D eigenvalue weighted by Gasteiger charge is 2.33. The van der Waals surface area contributed by atoms with E-state index in [4.69, 9.17) is 0 Å². The fourth-order valence-corrected chi connectivity index (χ4v) is 4.79. The van der Waals surface area contributed by atoms with E-state index in [9.17, 15) is 0 Å². The summed E-state index contributed by atoms with van der Waals surface area (Å²) in [6.07, 6.45) is 3.88. The summed E-state index contributed by atoms with van der Waals surface area (Å²) < 4.78 is 0. The van der Waals surface area contributed by atoms with Gasteiger partial charge in [0.05, 0.1) is 0 Å². The first-order valence-corrected chi connectivity index (χ1v) is 10.6. The standard InChI is InChI=1S/C24H42N2/c1-19(2)16-21-8-10-22(11-9-21)20(3)17-26-14-12-23(13-15-26)24(4,5)18-25(6)7/h8-11,19-20,23H,12-18H2,1-7H3. The van der Waals surface area contributed by atoms with Crippen LogP contribution in [0.4, 0.5) is 0 Å². The lowest BCUT2D eigenvalue weighted by atomic mass is 9.73. The van der Waals surface area contributed by atoms with Gasteiger partial charge in [-0.25, -0.2) is 0 Å². The van der Waals surface area contributed by atoms with Crippen LogP contribution >= 0.6 is 0 Å². The van der Waals surface area contributed by atoms with Gasteiger partial charge in [-0.2, -0.15) is 0 Å². The molecular formula is C24H42N2. The van der Waals surface area contributed by atoms with Crippen LogP contribution in [0.1, 0.15) is 64.5 Å². The highest BCUT2D eigenvalue weighted by atomic mass is 15.1. The topological polar surface area (TPSA) is 6.48 Å². The van der Waals surface area contributed by atoms with Gasteiger partial charge < -0.3 is 9.80 Å². The number of likely N-dealkylation sites (tertiary alicyclic amines) is 1. The third-order valence-electron chi connectivity index (χ3n) is 6.14. The minimum atomic E-state index is 0.424. The van der Waals surface area contributed by atoms with Gasteiger partial charge in [0.25, 0.3) is 0 Å². The van der Waals surface area contributed by atoms with Crippen LogP contribution in [0.2, 0.25) is 0 Å². The van der Waals surface area contributed by atoms with Crippen LogP contribution in [0.5, 0.6) is 0 Å². The minimum absolute atomic E-state index is 0.424. The van der Waals surface area contributed by atoms with Crippen molar-refractivity contribution in [1.29, 1.82) is 0 Å². The van der Waals surface area contributed by atoms with Crippen LogP contribution in [-0.4, -0.2) is 50.1 Å². The summed E-state index contributed by atoms with van der Waals surface area (Å²) in [5, 5.41) is 0. The Labute approximate surface area is 163 Å². The van der Waals surface area contributed by atoms with Crippen molar-refractivity contribution in [2.75, 3.05) is 40.3 Å². The first-order valence-electron chi connectivity index (χ1n) is 10.6. The van der Waals surface area contributed by atoms with Gasteiger partial charge in [-0.05, 0) is 80.7 Å². The Bertz CT molecular complexity index is 522. The molecule has 1 aromatic rings. The Balaban J connectivity index is 1.83. The first kappa shape index (κ1) is 21.4. The molecule has 0 bridgehead atoms. The summed E-state index contributed by atoms with van der Waals surface area (Å²) >= 11 is 0. The van der Waals surface area contributed by atoms with Gasteiger partial charge in [0, 0.05) is 13.1 Å². The second-order valence-corrected chi connectivity index (χ2v) is 10.0. The molecule has 0 N–H and O–H groups in total. The Hall–Kier alpha value is -0.860. The Kier molecular flexibility index (Phi) is 7.73. The van der Waals surface area contributed by atoms with E-state index < -0.39 is 0 Å². The van der Waals surface area contributed by atoms with Crippen molar-refractivity contribution in [2.45, 2.75) is 59.8 Å². The normalized spacial score (nSPS) is 18.7. The molecule has 0 aliphatic carbocycles. The summed E-state index contributed by atoms with van der Waals surface area (Å²) in [5.41, 5.74) is 3.39. The van der Waals surface area contributed by atoms with E-state index in [-0.39, 0.29) is 0 Å². The second kappa shape index (κ2) is 9.37. The van der Waals surface area contributed by atoms with Crippen LogP contribution < -0.4 is 0 Å². The van der Waals surface area contributed by atoms with E-state index in [1.807, 2.05) is 0 Å². The van der Waals surface area contributed by atoms with E-state index >= 15 is 0 Å². The largest absolute Gasteiger partial charge is 0.309 e. The maximum Gasteiger partial charge on any atom is 0.00476 e. The molecule has 0 aromatic heterocycles. The predicted octanol–water partition coefficient (Wildman–Crippen LogP) is 5.29. The molecular weight excluding hydrogens is 316 g/mol. The molecule has 1 atom stereocenters. The SMILES string of the molecule is CC(C)Cc1ccc(C(C)CN2CCC(C(C)(C)CN(C)C)CC2)cc1. The van der Waals surface area contributed by atoms with Crippen molar-refractivity contribution < 1.29 is 0 Å². The number of benzene rings is 1. The molecule has 26 heavy (non-hydrogen) atoms. The van der Waals surface area contributed by atoms with Gasteiger partial charge in [0.15, 0.2) is 0 Å². The lowest BCUT2D eigenvalue weighted by Gasteiger charge is -2.42. The summed E-state index contributed by atoms with van der Waals surface area (Å²) in [4.78, 5) is 5.03. The molecule has 0 amide bonds. The van der Waals surface area contributed by atoms with E-state index in [1.54, 1.807) is 0 Å². The average Bonchev–Trinajstić information content (AvgIpc) is 2.54. The zero-order valence-corrected chi connectivity index (χ0v) is 18.4. The number of hydrogen-bond acceptors (Lipinski definition) is 2. The molecule has 1 aliphatic rings. The predicted molar refractivity (Wildman–Crippen MR) is 115 cm³/mol. The van der Waals surface area contributed by atoms with Crippen molar-refractivity contribution in [3.8, 4) is 0 Å². The third kappa shape index (κ3) is 6.39. The van der Waals surface area contributed by atoms with Gasteiger partial charge in [-0.15, -0.1) is 0 Å². The van der Waals surface area contributed by atoms with E-state index in [0.717, 1.165) is 11.8 Å². The number of rotatable bonds is 8. The molecule has 1 unspecified atom stereocenters. The highest BCUT2D eigenvalue weighted by Crippen LogP contribution is 2.35. The molecule has 2 nitrogen and oxygen atoms in total. The van der Waals surface area contributed by atoms with Crippen molar-refractivity contribution in [2.24, 2.45) is 17.3 Å². The number of hydrogen-bond donors (Lipinski definition) is 0. The zero-order chi connectivity index (χ0) is 19.3. The zero-order valence-electron chi connectivity index (χ0n) is 18.4. The quantitative estimate of drug-likeness (QED) is 0.623. The monoisotopic (exact) mass is 358 g/mol. The lowest BCUT2D eigenvalue weighted by molar-refractivity contribution is 0.0766. The molecule has 1 saturated heterocycles. The molecule has 0 spiro atoms. The molecule has 0 saturated carbocycles. The lowest BCUT2D eigenvalue weighted by Crippen LogP contribution is -2.43. The molecule has 1 aromatic carbocycles. The molecule has 1 fully saturated rings. The molecule has 148 valence electrons. The third-order valence-corrected chi connectivity index (χ3v) is 6.14. The number of piperidine rings is 1. The fourth-order valence-electron chi connectivity index (χ4n) is 4.79. The van der Waals surface area contributed by atoms with Crippen molar-refractivity contribution in [3.63, 3.8) is 0 Å². The maximum atomic E-state index is 2.69. The van der Waals surface area contributed by atoms with Crippen molar-refractivity contribution in [1.82, 2.24) is 9.80 Å². The maximum absolute atomic E-state index is 2.69. The van der Waals surface area contributed by atoms with Gasteiger partial charge in [-0.1, -0.05) is 58.9 Å². The summed E-state index contributed by atoms with van der Waals surface area (Å²) in [6.45, 7) is 16.8. The van der Waals surface area contributed by atoms with Crippen molar-refractivity contribution >= 4 is 0 Å². The smallest absolute Gasteiger partial charge is 0.00476 e. The Morgan fingerprint density at radius 2 is 1.62 bits per heavy atom. The van der Waals surface area contributed by atoms with Gasteiger partial charge in [-0.3, -0.25) is 0 Å². The number of nitrogens with zero attached hydrogens (tertiary/aromatic N) is 2. The van der Waals surface area contributed by atoms with Crippen LogP contribution in [0.3, 0.4) is 0 Å². The van der Waals surface area contributed by atoms with E-state index in [1.165, 1.54) is 56.6 Å². The van der Waals surface area contributed by atoms with Crippen LogP contribution in [0, 0.1) is 17.3 Å². The van der Waals surface area contributed by atoms with Gasteiger partial charge >= 0.3 is 0 Å². The summed E-state index contributed by atoms with van der Waals surface area (Å²) in [6, 6.07) is 9.38. The summed E-state index contributed by atoms with van der Waals surface area (Å²) in [5.74, 6) is 2.21. The highest BCUT2D eigenvalue weighted by molar-refractivity contribution is 5.25. The van der Waals surface area contributed by atoms with Crippen molar-refractivity contribution in [3.05, 3.63) is 35.4 Å². The molecule has 1 aliphatic heterocycles. The van der Waals surface area contributed by atoms with Crippen LogP contribution in [0.15, 0.2) is 24.3 Å². The molecule has 0 radical (unpaired) electrons. The Morgan fingerprint density at radius 1 is 1.04 bits per heavy atom. The Morgan fingerprint density at radius 3 is 2.12 bits per heavy atom. The minimum Gasteiger partial charge on any atom is -0.309 e.